The minimum absolute atomic E-state index is 0.315. The third kappa shape index (κ3) is 13.1. The van der Waals surface area contributed by atoms with Crippen molar-refractivity contribution in [2.45, 2.75) is 71.8 Å². The number of allylic oxidation sites excluding steroid dienone is 1. The van der Waals surface area contributed by atoms with E-state index in [1.165, 1.54) is 24.8 Å². The van der Waals surface area contributed by atoms with Crippen molar-refractivity contribution in [1.82, 2.24) is 5.32 Å². The lowest BCUT2D eigenvalue weighted by atomic mass is 10.1. The lowest BCUT2D eigenvalue weighted by Crippen LogP contribution is -2.32. The summed E-state index contributed by atoms with van der Waals surface area (Å²) in [5.74, 6) is 0. The Bertz CT molecular complexity index is 254. The monoisotopic (exact) mass is 255 g/mol. The molecular formula is C15H29NO2. The summed E-state index contributed by atoms with van der Waals surface area (Å²) in [7, 11) is 0. The molecule has 0 rings (SSSR count). The van der Waals surface area contributed by atoms with E-state index in [1.54, 1.807) is 0 Å². The molecule has 0 aliphatic heterocycles. The topological polar surface area (TPSA) is 38.3 Å². The van der Waals surface area contributed by atoms with Gasteiger partial charge in [-0.05, 0) is 47.0 Å². The van der Waals surface area contributed by atoms with Crippen LogP contribution in [0.4, 0.5) is 4.79 Å². The zero-order valence-corrected chi connectivity index (χ0v) is 12.5. The molecule has 0 spiro atoms. The first-order valence-corrected chi connectivity index (χ1v) is 6.92. The van der Waals surface area contributed by atoms with E-state index in [9.17, 15) is 4.79 Å². The normalized spacial score (nSPS) is 11.1. The molecule has 0 bridgehead atoms. The lowest BCUT2D eigenvalue weighted by molar-refractivity contribution is 0.0527. The van der Waals surface area contributed by atoms with E-state index in [1.807, 2.05) is 20.8 Å². The Labute approximate surface area is 112 Å². The first-order valence-electron chi connectivity index (χ1n) is 6.92. The van der Waals surface area contributed by atoms with Crippen LogP contribution >= 0.6 is 0 Å². The van der Waals surface area contributed by atoms with Crippen molar-refractivity contribution < 1.29 is 9.53 Å². The molecule has 0 aliphatic rings. The number of carbonyl (C=O) groups excluding carboxylic acids is 1. The largest absolute Gasteiger partial charge is 0.444 e. The third-order valence-corrected chi connectivity index (χ3v) is 2.45. The van der Waals surface area contributed by atoms with Crippen molar-refractivity contribution in [3.8, 4) is 0 Å². The summed E-state index contributed by atoms with van der Waals surface area (Å²) < 4.78 is 5.15. The van der Waals surface area contributed by atoms with Crippen molar-refractivity contribution in [1.29, 1.82) is 0 Å². The fraction of sp³-hybridized carbons (Fsp3) is 0.800. The van der Waals surface area contributed by atoms with Crippen LogP contribution in [0.25, 0.3) is 0 Å². The van der Waals surface area contributed by atoms with Gasteiger partial charge in [0.05, 0.1) is 0 Å². The summed E-state index contributed by atoms with van der Waals surface area (Å²) in [4.78, 5) is 11.3. The van der Waals surface area contributed by atoms with Gasteiger partial charge in [0, 0.05) is 6.54 Å². The Hall–Kier alpha value is -0.990. The van der Waals surface area contributed by atoms with Crippen LogP contribution in [0.2, 0.25) is 0 Å². The van der Waals surface area contributed by atoms with Gasteiger partial charge in [-0.15, -0.1) is 6.58 Å². The minimum atomic E-state index is -0.410. The maximum atomic E-state index is 11.3. The van der Waals surface area contributed by atoms with Crippen molar-refractivity contribution in [3.05, 3.63) is 12.2 Å². The van der Waals surface area contributed by atoms with E-state index < -0.39 is 5.60 Å². The second kappa shape index (κ2) is 9.01. The first-order chi connectivity index (χ1) is 8.31. The second-order valence-electron chi connectivity index (χ2n) is 5.90. The van der Waals surface area contributed by atoms with Crippen LogP contribution in [-0.4, -0.2) is 18.2 Å². The van der Waals surface area contributed by atoms with E-state index in [0.717, 1.165) is 19.3 Å². The van der Waals surface area contributed by atoms with Crippen LogP contribution in [0.15, 0.2) is 12.2 Å². The molecule has 0 atom stereocenters. The SMILES string of the molecule is C=C(C)CCCCCCCNC(=O)OC(C)(C)C. The van der Waals surface area contributed by atoms with Crippen LogP contribution in [0.3, 0.4) is 0 Å². The van der Waals surface area contributed by atoms with Gasteiger partial charge in [-0.1, -0.05) is 24.8 Å². The summed E-state index contributed by atoms with van der Waals surface area (Å²) in [6.07, 6.45) is 6.70. The number of unbranched alkanes of at least 4 members (excludes halogenated alkanes) is 4. The van der Waals surface area contributed by atoms with Gasteiger partial charge >= 0.3 is 6.09 Å². The molecule has 0 heterocycles. The smallest absolute Gasteiger partial charge is 0.407 e. The van der Waals surface area contributed by atoms with E-state index >= 15 is 0 Å². The molecule has 0 unspecified atom stereocenters. The van der Waals surface area contributed by atoms with Crippen molar-refractivity contribution in [2.75, 3.05) is 6.54 Å². The van der Waals surface area contributed by atoms with Gasteiger partial charge in [-0.2, -0.15) is 0 Å². The quantitative estimate of drug-likeness (QED) is 0.515. The van der Waals surface area contributed by atoms with Crippen LogP contribution in [0.5, 0.6) is 0 Å². The standard InChI is InChI=1S/C15H29NO2/c1-13(2)11-9-7-6-8-10-12-16-14(17)18-15(3,4)5/h1,6-12H2,2-5H3,(H,16,17). The van der Waals surface area contributed by atoms with E-state index in [0.29, 0.717) is 6.54 Å². The second-order valence-corrected chi connectivity index (χ2v) is 5.90. The first kappa shape index (κ1) is 17.0. The molecular weight excluding hydrogens is 226 g/mol. The predicted molar refractivity (Wildman–Crippen MR) is 76.8 cm³/mol. The molecule has 18 heavy (non-hydrogen) atoms. The van der Waals surface area contributed by atoms with Crippen LogP contribution in [-0.2, 0) is 4.74 Å². The highest BCUT2D eigenvalue weighted by atomic mass is 16.6. The zero-order valence-electron chi connectivity index (χ0n) is 12.5. The molecule has 0 fully saturated rings. The summed E-state index contributed by atoms with van der Waals surface area (Å²) in [5.41, 5.74) is 0.855. The number of rotatable bonds is 8. The average Bonchev–Trinajstić information content (AvgIpc) is 2.18. The summed E-state index contributed by atoms with van der Waals surface area (Å²) in [5, 5.41) is 2.77. The molecule has 0 radical (unpaired) electrons. The molecule has 1 N–H and O–H groups in total. The Morgan fingerprint density at radius 1 is 1.11 bits per heavy atom. The maximum absolute atomic E-state index is 11.3. The number of nitrogens with one attached hydrogen (secondary N) is 1. The van der Waals surface area contributed by atoms with Gasteiger partial charge in [0.1, 0.15) is 5.60 Å². The van der Waals surface area contributed by atoms with Crippen molar-refractivity contribution in [2.24, 2.45) is 0 Å². The van der Waals surface area contributed by atoms with Crippen molar-refractivity contribution in [3.63, 3.8) is 0 Å². The molecule has 0 aromatic carbocycles. The summed E-state index contributed by atoms with van der Waals surface area (Å²) in [6, 6.07) is 0. The predicted octanol–water partition coefficient (Wildman–Crippen LogP) is 4.43. The van der Waals surface area contributed by atoms with Gasteiger partial charge in [0.15, 0.2) is 0 Å². The Balaban J connectivity index is 3.30. The van der Waals surface area contributed by atoms with Gasteiger partial charge in [0.2, 0.25) is 0 Å². The molecule has 0 saturated carbocycles. The number of carbonyl (C=O) groups is 1. The fourth-order valence-electron chi connectivity index (χ4n) is 1.59. The van der Waals surface area contributed by atoms with Gasteiger partial charge in [-0.25, -0.2) is 4.79 Å². The van der Waals surface area contributed by atoms with Crippen molar-refractivity contribution >= 4 is 6.09 Å². The highest BCUT2D eigenvalue weighted by Gasteiger charge is 2.15. The number of hydrogen-bond donors (Lipinski definition) is 1. The maximum Gasteiger partial charge on any atom is 0.407 e. The molecule has 1 amide bonds. The molecule has 106 valence electrons. The summed E-state index contributed by atoms with van der Waals surface area (Å²) in [6.45, 7) is 12.3. The summed E-state index contributed by atoms with van der Waals surface area (Å²) >= 11 is 0. The highest BCUT2D eigenvalue weighted by Crippen LogP contribution is 2.09. The molecule has 3 heteroatoms. The Kier molecular flexibility index (Phi) is 8.51. The molecule has 0 aliphatic carbocycles. The highest BCUT2D eigenvalue weighted by molar-refractivity contribution is 5.67. The zero-order chi connectivity index (χ0) is 14.0. The van der Waals surface area contributed by atoms with E-state index in [2.05, 4.69) is 18.8 Å². The van der Waals surface area contributed by atoms with E-state index in [-0.39, 0.29) is 6.09 Å². The number of hydrogen-bond acceptors (Lipinski definition) is 2. The van der Waals surface area contributed by atoms with E-state index in [4.69, 9.17) is 4.74 Å². The fourth-order valence-corrected chi connectivity index (χ4v) is 1.59. The number of ether oxygens (including phenoxy) is 1. The van der Waals surface area contributed by atoms with Gasteiger partial charge in [0.25, 0.3) is 0 Å². The van der Waals surface area contributed by atoms with Gasteiger partial charge in [-0.3, -0.25) is 0 Å². The average molecular weight is 255 g/mol. The van der Waals surface area contributed by atoms with Crippen LogP contribution < -0.4 is 5.32 Å². The minimum Gasteiger partial charge on any atom is -0.444 e. The van der Waals surface area contributed by atoms with Crippen LogP contribution in [0, 0.1) is 0 Å². The molecule has 0 saturated heterocycles. The Morgan fingerprint density at radius 2 is 1.67 bits per heavy atom. The lowest BCUT2D eigenvalue weighted by Gasteiger charge is -2.19. The number of amides is 1. The molecule has 0 aromatic rings. The van der Waals surface area contributed by atoms with Gasteiger partial charge < -0.3 is 10.1 Å². The molecule has 3 nitrogen and oxygen atoms in total. The van der Waals surface area contributed by atoms with Crippen LogP contribution in [0.1, 0.15) is 66.2 Å². The third-order valence-electron chi connectivity index (χ3n) is 2.45. The number of alkyl carbamates (subject to hydrolysis) is 1. The Morgan fingerprint density at radius 3 is 2.22 bits per heavy atom. The molecule has 0 aromatic heterocycles.